The summed E-state index contributed by atoms with van der Waals surface area (Å²) in [5.41, 5.74) is 0.426. The third-order valence-corrected chi connectivity index (χ3v) is 3.51. The number of anilines is 1. The van der Waals surface area contributed by atoms with Gasteiger partial charge in [-0.3, -0.25) is 0 Å². The van der Waals surface area contributed by atoms with E-state index in [2.05, 4.69) is 19.2 Å². The molecule has 1 atom stereocenters. The lowest BCUT2D eigenvalue weighted by molar-refractivity contribution is 0.0697. The number of halogens is 1. The first-order valence-corrected chi connectivity index (χ1v) is 7.34. The Kier molecular flexibility index (Phi) is 6.49. The Morgan fingerprint density at radius 2 is 2.00 bits per heavy atom. The van der Waals surface area contributed by atoms with Gasteiger partial charge < -0.3 is 15.3 Å². The van der Waals surface area contributed by atoms with Crippen LogP contribution in [0.5, 0.6) is 0 Å². The third-order valence-electron chi connectivity index (χ3n) is 3.29. The van der Waals surface area contributed by atoms with Crippen molar-refractivity contribution in [1.82, 2.24) is 4.90 Å². The number of carboxylic acids is 1. The number of benzene rings is 1. The molecular formula is C15H21ClN2O3. The summed E-state index contributed by atoms with van der Waals surface area (Å²) in [6.07, 6.45) is 0.990. The molecule has 0 heterocycles. The minimum absolute atomic E-state index is 0.0442. The highest BCUT2D eigenvalue weighted by atomic mass is 35.5. The van der Waals surface area contributed by atoms with Gasteiger partial charge in [-0.15, -0.1) is 0 Å². The number of carbonyl (C=O) groups is 2. The first-order valence-electron chi connectivity index (χ1n) is 6.97. The Balaban J connectivity index is 2.84. The fraction of sp³-hybridized carbons (Fsp3) is 0.467. The largest absolute Gasteiger partial charge is 0.478 e. The first-order chi connectivity index (χ1) is 9.87. The number of carbonyl (C=O) groups excluding carboxylic acids is 1. The highest BCUT2D eigenvalue weighted by Crippen LogP contribution is 2.20. The van der Waals surface area contributed by atoms with Crippen molar-refractivity contribution in [3.63, 3.8) is 0 Å². The molecule has 0 aliphatic carbocycles. The minimum atomic E-state index is -1.08. The fourth-order valence-corrected chi connectivity index (χ4v) is 2.08. The lowest BCUT2D eigenvalue weighted by Crippen LogP contribution is -2.37. The van der Waals surface area contributed by atoms with Gasteiger partial charge in [0.15, 0.2) is 0 Å². The number of hydrogen-bond donors (Lipinski definition) is 2. The van der Waals surface area contributed by atoms with Gasteiger partial charge >= 0.3 is 12.0 Å². The highest BCUT2D eigenvalue weighted by Gasteiger charge is 2.15. The Morgan fingerprint density at radius 1 is 1.33 bits per heavy atom. The molecule has 0 aliphatic heterocycles. The smallest absolute Gasteiger partial charge is 0.335 e. The predicted molar refractivity (Wildman–Crippen MR) is 84.1 cm³/mol. The molecule has 1 aromatic carbocycles. The average molecular weight is 313 g/mol. The van der Waals surface area contributed by atoms with Crippen LogP contribution in [0.15, 0.2) is 18.2 Å². The number of rotatable bonds is 6. The van der Waals surface area contributed by atoms with Crippen LogP contribution < -0.4 is 5.32 Å². The second-order valence-corrected chi connectivity index (χ2v) is 5.45. The van der Waals surface area contributed by atoms with Crippen LogP contribution in [-0.4, -0.2) is 35.1 Å². The van der Waals surface area contributed by atoms with Crippen LogP contribution in [0.25, 0.3) is 0 Å². The SMILES string of the molecule is CCC(C)CN(CC)C(=O)Nc1cc(Cl)cc(C(=O)O)c1. The zero-order valence-corrected chi connectivity index (χ0v) is 13.3. The summed E-state index contributed by atoms with van der Waals surface area (Å²) >= 11 is 5.87. The van der Waals surface area contributed by atoms with Crippen molar-refractivity contribution in [1.29, 1.82) is 0 Å². The maximum atomic E-state index is 12.2. The van der Waals surface area contributed by atoms with Crippen molar-refractivity contribution >= 4 is 29.3 Å². The molecule has 0 spiro atoms. The third kappa shape index (κ3) is 5.27. The van der Waals surface area contributed by atoms with Crippen molar-refractivity contribution in [2.24, 2.45) is 5.92 Å². The number of urea groups is 1. The zero-order valence-electron chi connectivity index (χ0n) is 12.5. The van der Waals surface area contributed by atoms with E-state index in [4.69, 9.17) is 16.7 Å². The summed E-state index contributed by atoms with van der Waals surface area (Å²) in [5, 5.41) is 12.0. The van der Waals surface area contributed by atoms with E-state index in [9.17, 15) is 9.59 Å². The van der Waals surface area contributed by atoms with Gasteiger partial charge in [0.1, 0.15) is 0 Å². The van der Waals surface area contributed by atoms with E-state index in [1.165, 1.54) is 18.2 Å². The molecule has 6 heteroatoms. The molecule has 0 bridgehead atoms. The number of carboxylic acid groups (broad SMARTS) is 1. The van der Waals surface area contributed by atoms with Crippen LogP contribution in [0.4, 0.5) is 10.5 Å². The van der Waals surface area contributed by atoms with Gasteiger partial charge in [0.05, 0.1) is 5.56 Å². The minimum Gasteiger partial charge on any atom is -0.478 e. The molecule has 21 heavy (non-hydrogen) atoms. The molecular weight excluding hydrogens is 292 g/mol. The molecule has 1 aromatic rings. The van der Waals surface area contributed by atoms with Gasteiger partial charge in [-0.05, 0) is 31.0 Å². The Hall–Kier alpha value is -1.75. The molecule has 0 aromatic heterocycles. The molecule has 0 fully saturated rings. The average Bonchev–Trinajstić information content (AvgIpc) is 2.43. The van der Waals surface area contributed by atoms with Crippen molar-refractivity contribution < 1.29 is 14.7 Å². The van der Waals surface area contributed by atoms with Crippen LogP contribution in [0, 0.1) is 5.92 Å². The lowest BCUT2D eigenvalue weighted by atomic mass is 10.1. The van der Waals surface area contributed by atoms with Crippen molar-refractivity contribution in [3.05, 3.63) is 28.8 Å². The normalized spacial score (nSPS) is 11.8. The van der Waals surface area contributed by atoms with Crippen molar-refractivity contribution in [2.45, 2.75) is 27.2 Å². The van der Waals surface area contributed by atoms with Crippen molar-refractivity contribution in [2.75, 3.05) is 18.4 Å². The Labute approximate surface area is 129 Å². The van der Waals surface area contributed by atoms with Crippen LogP contribution in [0.3, 0.4) is 0 Å². The van der Waals surface area contributed by atoms with Gasteiger partial charge in [0, 0.05) is 23.8 Å². The summed E-state index contributed by atoms with van der Waals surface area (Å²) < 4.78 is 0. The molecule has 2 N–H and O–H groups in total. The second-order valence-electron chi connectivity index (χ2n) is 5.02. The number of amides is 2. The molecule has 0 saturated heterocycles. The van der Waals surface area contributed by atoms with E-state index in [1.54, 1.807) is 4.90 Å². The van der Waals surface area contributed by atoms with E-state index >= 15 is 0 Å². The molecule has 1 rings (SSSR count). The number of nitrogens with zero attached hydrogens (tertiary/aromatic N) is 1. The first kappa shape index (κ1) is 17.3. The monoisotopic (exact) mass is 312 g/mol. The van der Waals surface area contributed by atoms with Gasteiger partial charge in [-0.2, -0.15) is 0 Å². The summed E-state index contributed by atoms with van der Waals surface area (Å²) in [5.74, 6) is -0.676. The van der Waals surface area contributed by atoms with Crippen molar-refractivity contribution in [3.8, 4) is 0 Å². The zero-order chi connectivity index (χ0) is 16.0. The lowest BCUT2D eigenvalue weighted by Gasteiger charge is -2.24. The Bertz CT molecular complexity index is 520. The molecule has 0 radical (unpaired) electrons. The quantitative estimate of drug-likeness (QED) is 0.836. The molecule has 1 unspecified atom stereocenters. The summed E-state index contributed by atoms with van der Waals surface area (Å²) in [6.45, 7) is 7.31. The van der Waals surface area contributed by atoms with Crippen LogP contribution >= 0.6 is 11.6 Å². The number of aromatic carboxylic acids is 1. The predicted octanol–water partition coefficient (Wildman–Crippen LogP) is 3.94. The summed E-state index contributed by atoms with van der Waals surface area (Å²) in [7, 11) is 0. The summed E-state index contributed by atoms with van der Waals surface area (Å²) in [6, 6.07) is 4.01. The van der Waals surface area contributed by atoms with Gasteiger partial charge in [-0.1, -0.05) is 31.9 Å². The van der Waals surface area contributed by atoms with E-state index in [0.29, 0.717) is 24.7 Å². The molecule has 2 amide bonds. The highest BCUT2D eigenvalue weighted by molar-refractivity contribution is 6.31. The van der Waals surface area contributed by atoms with Gasteiger partial charge in [0.25, 0.3) is 0 Å². The maximum Gasteiger partial charge on any atom is 0.335 e. The van der Waals surface area contributed by atoms with Gasteiger partial charge in [-0.25, -0.2) is 9.59 Å². The fourth-order valence-electron chi connectivity index (χ4n) is 1.85. The topological polar surface area (TPSA) is 69.6 Å². The maximum absolute atomic E-state index is 12.2. The van der Waals surface area contributed by atoms with E-state index in [1.807, 2.05) is 6.92 Å². The molecule has 0 aliphatic rings. The number of nitrogens with one attached hydrogen (secondary N) is 1. The van der Waals surface area contributed by atoms with E-state index < -0.39 is 5.97 Å². The second kappa shape index (κ2) is 7.88. The van der Waals surface area contributed by atoms with E-state index in [0.717, 1.165) is 6.42 Å². The molecule has 116 valence electrons. The van der Waals surface area contributed by atoms with Crippen LogP contribution in [0.1, 0.15) is 37.6 Å². The summed E-state index contributed by atoms with van der Waals surface area (Å²) in [4.78, 5) is 24.9. The molecule has 0 saturated carbocycles. The van der Waals surface area contributed by atoms with Gasteiger partial charge in [0.2, 0.25) is 0 Å². The van der Waals surface area contributed by atoms with E-state index in [-0.39, 0.29) is 16.6 Å². The number of hydrogen-bond acceptors (Lipinski definition) is 2. The molecule has 5 nitrogen and oxygen atoms in total. The Morgan fingerprint density at radius 3 is 2.52 bits per heavy atom. The van der Waals surface area contributed by atoms with Crippen LogP contribution in [0.2, 0.25) is 5.02 Å². The standard InChI is InChI=1S/C15H21ClN2O3/c1-4-10(3)9-18(5-2)15(21)17-13-7-11(14(19)20)6-12(16)8-13/h6-8,10H,4-5,9H2,1-3H3,(H,17,21)(H,19,20). The van der Waals surface area contributed by atoms with Crippen LogP contribution in [-0.2, 0) is 0 Å².